The Balaban J connectivity index is 2.76. The third kappa shape index (κ3) is 2.90. The second-order valence-corrected chi connectivity index (χ2v) is 3.79. The second-order valence-electron chi connectivity index (χ2n) is 2.42. The Bertz CT molecular complexity index is 315. The Morgan fingerprint density at radius 3 is 3.08 bits per heavy atom. The van der Waals surface area contributed by atoms with Crippen LogP contribution in [0.4, 0.5) is 0 Å². The van der Waals surface area contributed by atoms with Crippen LogP contribution in [0.1, 0.15) is 21.7 Å². The van der Waals surface area contributed by atoms with Crippen LogP contribution in [0, 0.1) is 0 Å². The van der Waals surface area contributed by atoms with E-state index in [1.807, 2.05) is 18.2 Å². The first-order valence-corrected chi connectivity index (χ1v) is 5.35. The molecule has 0 bridgehead atoms. The van der Waals surface area contributed by atoms with Crippen LogP contribution in [0.5, 0.6) is 0 Å². The van der Waals surface area contributed by atoms with Gasteiger partial charge >= 0.3 is 5.97 Å². The van der Waals surface area contributed by atoms with Gasteiger partial charge in [-0.3, -0.25) is 0 Å². The third-order valence-corrected chi connectivity index (χ3v) is 2.66. The van der Waals surface area contributed by atoms with Crippen molar-refractivity contribution in [3.63, 3.8) is 0 Å². The van der Waals surface area contributed by atoms with Gasteiger partial charge in [-0.05, 0) is 29.2 Å². The van der Waals surface area contributed by atoms with E-state index in [0.29, 0.717) is 4.88 Å². The van der Waals surface area contributed by atoms with Gasteiger partial charge in [-0.1, -0.05) is 12.2 Å². The van der Waals surface area contributed by atoms with Gasteiger partial charge in [0.2, 0.25) is 0 Å². The van der Waals surface area contributed by atoms with Gasteiger partial charge in [0, 0.05) is 0 Å². The predicted octanol–water partition coefficient (Wildman–Crippen LogP) is 2.78. The second kappa shape index (κ2) is 5.09. The van der Waals surface area contributed by atoms with Crippen LogP contribution < -0.4 is 0 Å². The summed E-state index contributed by atoms with van der Waals surface area (Å²) in [6.07, 6.45) is 4.62. The van der Waals surface area contributed by atoms with Crippen LogP contribution in [-0.4, -0.2) is 16.8 Å². The molecule has 0 saturated carbocycles. The summed E-state index contributed by atoms with van der Waals surface area (Å²) in [5.41, 5.74) is 0.777. The molecule has 0 unspecified atom stereocenters. The lowest BCUT2D eigenvalue weighted by Gasteiger charge is -1.90. The molecule has 0 radical (unpaired) electrons. The average molecular weight is 214 g/mol. The quantitative estimate of drug-likeness (QED) is 0.756. The number of carboxylic acids is 1. The molecule has 70 valence electrons. The summed E-state index contributed by atoms with van der Waals surface area (Å²) < 4.78 is 0. The Hall–Kier alpha value is -0.740. The molecule has 1 rings (SSSR count). The van der Waals surface area contributed by atoms with Crippen LogP contribution in [0.25, 0.3) is 6.08 Å². The fourth-order valence-corrected chi connectivity index (χ4v) is 1.78. The fraction of sp³-hybridized carbons (Fsp3) is 0.222. The Labute approximate surface area is 86.3 Å². The highest BCUT2D eigenvalue weighted by atomic mass is 32.1. The van der Waals surface area contributed by atoms with Gasteiger partial charge < -0.3 is 5.11 Å². The van der Waals surface area contributed by atoms with Gasteiger partial charge in [0.15, 0.2) is 0 Å². The van der Waals surface area contributed by atoms with E-state index in [-0.39, 0.29) is 0 Å². The summed E-state index contributed by atoms with van der Waals surface area (Å²) in [5.74, 6) is -0.0798. The van der Waals surface area contributed by atoms with Crippen molar-refractivity contribution in [1.82, 2.24) is 0 Å². The van der Waals surface area contributed by atoms with Crippen molar-refractivity contribution in [1.29, 1.82) is 0 Å². The lowest BCUT2D eigenvalue weighted by molar-refractivity contribution is 0.0702. The van der Waals surface area contributed by atoms with Gasteiger partial charge in [-0.15, -0.1) is 11.3 Å². The molecular weight excluding hydrogens is 204 g/mol. The van der Waals surface area contributed by atoms with Gasteiger partial charge in [-0.2, -0.15) is 12.6 Å². The van der Waals surface area contributed by atoms with Crippen molar-refractivity contribution in [3.05, 3.63) is 28.0 Å². The van der Waals surface area contributed by atoms with Crippen LogP contribution in [0.2, 0.25) is 0 Å². The van der Waals surface area contributed by atoms with Crippen LogP contribution in [0.3, 0.4) is 0 Å². The lowest BCUT2D eigenvalue weighted by atomic mass is 10.2. The SMILES string of the molecule is O=C(O)c1sccc1C=CCCS. The molecule has 0 saturated heterocycles. The summed E-state index contributed by atoms with van der Waals surface area (Å²) in [5, 5.41) is 10.6. The van der Waals surface area contributed by atoms with Crippen molar-refractivity contribution >= 4 is 36.0 Å². The molecule has 2 nitrogen and oxygen atoms in total. The Morgan fingerprint density at radius 1 is 1.69 bits per heavy atom. The first-order chi connectivity index (χ1) is 6.25. The highest BCUT2D eigenvalue weighted by molar-refractivity contribution is 7.80. The van der Waals surface area contributed by atoms with E-state index in [4.69, 9.17) is 5.11 Å². The van der Waals surface area contributed by atoms with Crippen molar-refractivity contribution < 1.29 is 9.90 Å². The summed E-state index contributed by atoms with van der Waals surface area (Å²) in [6.45, 7) is 0. The maximum atomic E-state index is 10.7. The molecule has 0 aliphatic heterocycles. The van der Waals surface area contributed by atoms with Crippen LogP contribution >= 0.6 is 24.0 Å². The Morgan fingerprint density at radius 2 is 2.46 bits per heavy atom. The average Bonchev–Trinajstić information content (AvgIpc) is 2.53. The zero-order chi connectivity index (χ0) is 9.68. The first kappa shape index (κ1) is 10.3. The molecule has 0 aromatic carbocycles. The molecular formula is C9H10O2S2. The minimum atomic E-state index is -0.861. The molecule has 0 amide bonds. The fourth-order valence-electron chi connectivity index (χ4n) is 0.909. The summed E-state index contributed by atoms with van der Waals surface area (Å²) >= 11 is 5.30. The normalized spacial score (nSPS) is 10.8. The lowest BCUT2D eigenvalue weighted by Crippen LogP contribution is -1.93. The van der Waals surface area contributed by atoms with Gasteiger partial charge in [0.25, 0.3) is 0 Å². The zero-order valence-electron chi connectivity index (χ0n) is 6.93. The number of aromatic carboxylic acids is 1. The molecule has 1 N–H and O–H groups in total. The van der Waals surface area contributed by atoms with Gasteiger partial charge in [-0.25, -0.2) is 4.79 Å². The molecule has 0 aliphatic carbocycles. The molecule has 1 aromatic heterocycles. The van der Waals surface area contributed by atoms with E-state index in [9.17, 15) is 4.79 Å². The van der Waals surface area contributed by atoms with E-state index in [2.05, 4.69) is 12.6 Å². The highest BCUT2D eigenvalue weighted by Gasteiger charge is 2.08. The van der Waals surface area contributed by atoms with Crippen LogP contribution in [-0.2, 0) is 0 Å². The number of allylic oxidation sites excluding steroid dienone is 1. The molecule has 1 heterocycles. The number of carbonyl (C=O) groups is 1. The number of thiophene rings is 1. The van der Waals surface area contributed by atoms with E-state index in [1.54, 1.807) is 5.38 Å². The summed E-state index contributed by atoms with van der Waals surface area (Å²) in [4.78, 5) is 11.1. The smallest absolute Gasteiger partial charge is 0.346 e. The largest absolute Gasteiger partial charge is 0.477 e. The molecule has 0 fully saturated rings. The van der Waals surface area contributed by atoms with Crippen molar-refractivity contribution in [2.75, 3.05) is 5.75 Å². The van der Waals surface area contributed by atoms with E-state index < -0.39 is 5.97 Å². The van der Waals surface area contributed by atoms with Crippen LogP contribution in [0.15, 0.2) is 17.5 Å². The van der Waals surface area contributed by atoms with E-state index in [0.717, 1.165) is 17.7 Å². The zero-order valence-corrected chi connectivity index (χ0v) is 8.65. The van der Waals surface area contributed by atoms with Crippen molar-refractivity contribution in [2.24, 2.45) is 0 Å². The molecule has 0 atom stereocenters. The standard InChI is InChI=1S/C9H10O2S2/c10-9(11)8-7(4-6-13-8)3-1-2-5-12/h1,3-4,6,12H,2,5H2,(H,10,11). The predicted molar refractivity (Wildman–Crippen MR) is 58.8 cm³/mol. The Kier molecular flexibility index (Phi) is 4.05. The first-order valence-electron chi connectivity index (χ1n) is 3.84. The van der Waals surface area contributed by atoms with Gasteiger partial charge in [0.1, 0.15) is 4.88 Å². The minimum Gasteiger partial charge on any atom is -0.477 e. The minimum absolute atomic E-state index is 0.399. The number of rotatable bonds is 4. The topological polar surface area (TPSA) is 37.3 Å². The third-order valence-electron chi connectivity index (χ3n) is 1.48. The molecule has 13 heavy (non-hydrogen) atoms. The van der Waals surface area contributed by atoms with Gasteiger partial charge in [0.05, 0.1) is 0 Å². The number of hydrogen-bond acceptors (Lipinski definition) is 3. The van der Waals surface area contributed by atoms with E-state index >= 15 is 0 Å². The van der Waals surface area contributed by atoms with Crippen molar-refractivity contribution in [2.45, 2.75) is 6.42 Å². The molecule has 0 spiro atoms. The highest BCUT2D eigenvalue weighted by Crippen LogP contribution is 2.18. The van der Waals surface area contributed by atoms with Crippen molar-refractivity contribution in [3.8, 4) is 0 Å². The number of carboxylic acid groups (broad SMARTS) is 1. The monoisotopic (exact) mass is 214 g/mol. The molecule has 0 aliphatic rings. The molecule has 1 aromatic rings. The number of hydrogen-bond donors (Lipinski definition) is 2. The molecule has 4 heteroatoms. The van der Waals surface area contributed by atoms with E-state index in [1.165, 1.54) is 11.3 Å². The maximum absolute atomic E-state index is 10.7. The summed E-state index contributed by atoms with van der Waals surface area (Å²) in [6, 6.07) is 1.81. The maximum Gasteiger partial charge on any atom is 0.346 e. The summed E-state index contributed by atoms with van der Waals surface area (Å²) in [7, 11) is 0. The number of thiol groups is 1.